The fraction of sp³-hybridized carbons (Fsp3) is 0.773. The molecule has 0 heterocycles. The number of rotatable bonds is 18. The lowest BCUT2D eigenvalue weighted by Crippen LogP contribution is -1.93. The van der Waals surface area contributed by atoms with Crippen molar-refractivity contribution < 1.29 is 9.90 Å². The summed E-state index contributed by atoms with van der Waals surface area (Å²) in [4.78, 5) is 10.4. The first-order valence-corrected chi connectivity index (χ1v) is 10.3. The van der Waals surface area contributed by atoms with Gasteiger partial charge in [0.2, 0.25) is 0 Å². The molecule has 24 heavy (non-hydrogen) atoms. The summed E-state index contributed by atoms with van der Waals surface area (Å²) in [5.41, 5.74) is 0. The molecule has 0 aromatic rings. The molecule has 0 saturated carbocycles. The molecular weight excluding hydrogens is 296 g/mol. The molecule has 140 valence electrons. The molecule has 0 fully saturated rings. The zero-order chi connectivity index (χ0) is 17.7. The number of aliphatic carboxylic acids is 1. The maximum atomic E-state index is 10.4. The van der Waals surface area contributed by atoms with Crippen LogP contribution >= 0.6 is 0 Å². The standard InChI is InChI=1S/C22H40O2/c1-2-3-4-5-6-7-8-9-10-11-12-13-14-15-16-17-18-19-20-21-22(23)24/h7-8,10-11H,2-6,9,12-21H2,1H3,(H,23,24)/b8-7-,11-10-. The molecule has 0 atom stereocenters. The van der Waals surface area contributed by atoms with E-state index in [1.54, 1.807) is 0 Å². The van der Waals surface area contributed by atoms with Gasteiger partial charge in [0.1, 0.15) is 0 Å². The van der Waals surface area contributed by atoms with Gasteiger partial charge in [-0.05, 0) is 38.5 Å². The van der Waals surface area contributed by atoms with E-state index in [0.29, 0.717) is 6.42 Å². The molecule has 0 aliphatic rings. The number of allylic oxidation sites excluding steroid dienone is 4. The first-order chi connectivity index (χ1) is 11.8. The molecule has 0 aromatic heterocycles. The minimum atomic E-state index is -0.662. The van der Waals surface area contributed by atoms with Crippen molar-refractivity contribution in [3.05, 3.63) is 24.3 Å². The largest absolute Gasteiger partial charge is 0.481 e. The molecule has 1 N–H and O–H groups in total. The van der Waals surface area contributed by atoms with Crippen molar-refractivity contribution in [1.29, 1.82) is 0 Å². The lowest BCUT2D eigenvalue weighted by atomic mass is 10.1. The minimum Gasteiger partial charge on any atom is -0.481 e. The van der Waals surface area contributed by atoms with Gasteiger partial charge in [-0.25, -0.2) is 0 Å². The normalized spacial score (nSPS) is 11.7. The fourth-order valence-electron chi connectivity index (χ4n) is 2.79. The van der Waals surface area contributed by atoms with E-state index in [1.165, 1.54) is 77.0 Å². The Morgan fingerprint density at radius 1 is 0.667 bits per heavy atom. The molecule has 0 radical (unpaired) electrons. The second kappa shape index (κ2) is 20.0. The van der Waals surface area contributed by atoms with Crippen LogP contribution in [-0.4, -0.2) is 11.1 Å². The molecule has 2 heteroatoms. The Morgan fingerprint density at radius 2 is 1.12 bits per heavy atom. The summed E-state index contributed by atoms with van der Waals surface area (Å²) in [5.74, 6) is -0.662. The smallest absolute Gasteiger partial charge is 0.303 e. The maximum Gasteiger partial charge on any atom is 0.303 e. The number of carbonyl (C=O) groups is 1. The quantitative estimate of drug-likeness (QED) is 0.208. The van der Waals surface area contributed by atoms with E-state index in [-0.39, 0.29) is 0 Å². The molecule has 0 rings (SSSR count). The Kier molecular flexibility index (Phi) is 19.1. The Morgan fingerprint density at radius 3 is 1.62 bits per heavy atom. The highest BCUT2D eigenvalue weighted by Crippen LogP contribution is 2.11. The molecule has 0 bridgehead atoms. The van der Waals surface area contributed by atoms with E-state index in [1.807, 2.05) is 0 Å². The zero-order valence-electron chi connectivity index (χ0n) is 16.0. The van der Waals surface area contributed by atoms with Crippen LogP contribution in [0.25, 0.3) is 0 Å². The number of hydrogen-bond acceptors (Lipinski definition) is 1. The topological polar surface area (TPSA) is 37.3 Å². The molecule has 2 nitrogen and oxygen atoms in total. The van der Waals surface area contributed by atoms with Gasteiger partial charge in [-0.2, -0.15) is 0 Å². The van der Waals surface area contributed by atoms with Crippen LogP contribution in [0.4, 0.5) is 0 Å². The lowest BCUT2D eigenvalue weighted by Gasteiger charge is -2.00. The van der Waals surface area contributed by atoms with Crippen molar-refractivity contribution in [2.45, 2.75) is 110 Å². The molecule has 0 unspecified atom stereocenters. The van der Waals surface area contributed by atoms with Crippen LogP contribution in [0.1, 0.15) is 110 Å². The Balaban J connectivity index is 3.15. The Bertz CT molecular complexity index is 318. The van der Waals surface area contributed by atoms with Gasteiger partial charge in [0.05, 0.1) is 0 Å². The van der Waals surface area contributed by atoms with E-state index in [9.17, 15) is 4.79 Å². The highest BCUT2D eigenvalue weighted by Gasteiger charge is 1.96. The van der Waals surface area contributed by atoms with Crippen LogP contribution in [0.2, 0.25) is 0 Å². The predicted octanol–water partition coefficient (Wildman–Crippen LogP) is 7.44. The minimum absolute atomic E-state index is 0.334. The third-order valence-electron chi connectivity index (χ3n) is 4.34. The monoisotopic (exact) mass is 336 g/mol. The fourth-order valence-corrected chi connectivity index (χ4v) is 2.79. The zero-order valence-corrected chi connectivity index (χ0v) is 16.0. The van der Waals surface area contributed by atoms with Gasteiger partial charge in [-0.1, -0.05) is 89.0 Å². The van der Waals surface area contributed by atoms with Gasteiger partial charge in [0.15, 0.2) is 0 Å². The molecular formula is C22H40O2. The van der Waals surface area contributed by atoms with Gasteiger partial charge >= 0.3 is 5.97 Å². The molecule has 0 aliphatic heterocycles. The first-order valence-electron chi connectivity index (χ1n) is 10.3. The maximum absolute atomic E-state index is 10.4. The van der Waals surface area contributed by atoms with Crippen molar-refractivity contribution in [2.24, 2.45) is 0 Å². The summed E-state index contributed by atoms with van der Waals surface area (Å²) in [7, 11) is 0. The van der Waals surface area contributed by atoms with E-state index in [0.717, 1.165) is 19.3 Å². The third-order valence-corrected chi connectivity index (χ3v) is 4.34. The van der Waals surface area contributed by atoms with Crippen LogP contribution < -0.4 is 0 Å². The van der Waals surface area contributed by atoms with Crippen molar-refractivity contribution in [2.75, 3.05) is 0 Å². The summed E-state index contributed by atoms with van der Waals surface area (Å²) < 4.78 is 0. The number of carboxylic acid groups (broad SMARTS) is 1. The van der Waals surface area contributed by atoms with Crippen LogP contribution in [0.5, 0.6) is 0 Å². The second-order valence-corrected chi connectivity index (χ2v) is 6.79. The van der Waals surface area contributed by atoms with Crippen LogP contribution in [0, 0.1) is 0 Å². The summed E-state index contributed by atoms with van der Waals surface area (Å²) in [6, 6.07) is 0. The van der Waals surface area contributed by atoms with Crippen molar-refractivity contribution in [1.82, 2.24) is 0 Å². The first kappa shape index (κ1) is 22.9. The van der Waals surface area contributed by atoms with Crippen LogP contribution in [-0.2, 0) is 4.79 Å². The van der Waals surface area contributed by atoms with Gasteiger partial charge in [-0.3, -0.25) is 4.79 Å². The SMILES string of the molecule is CCCCCC/C=C\C/C=C\CCCCCCCCCCC(=O)O. The van der Waals surface area contributed by atoms with Gasteiger partial charge in [-0.15, -0.1) is 0 Å². The van der Waals surface area contributed by atoms with Gasteiger partial charge in [0.25, 0.3) is 0 Å². The number of carboxylic acids is 1. The van der Waals surface area contributed by atoms with Crippen molar-refractivity contribution in [3.63, 3.8) is 0 Å². The lowest BCUT2D eigenvalue weighted by molar-refractivity contribution is -0.137. The van der Waals surface area contributed by atoms with Crippen molar-refractivity contribution in [3.8, 4) is 0 Å². The van der Waals surface area contributed by atoms with Gasteiger partial charge < -0.3 is 5.11 Å². The molecule has 0 aromatic carbocycles. The average Bonchev–Trinajstić information content (AvgIpc) is 2.56. The average molecular weight is 337 g/mol. The van der Waals surface area contributed by atoms with Crippen molar-refractivity contribution >= 4 is 5.97 Å². The summed E-state index contributed by atoms with van der Waals surface area (Å²) in [6.45, 7) is 2.26. The second-order valence-electron chi connectivity index (χ2n) is 6.79. The van der Waals surface area contributed by atoms with Crippen LogP contribution in [0.3, 0.4) is 0 Å². The van der Waals surface area contributed by atoms with Crippen LogP contribution in [0.15, 0.2) is 24.3 Å². The van der Waals surface area contributed by atoms with E-state index >= 15 is 0 Å². The highest BCUT2D eigenvalue weighted by atomic mass is 16.4. The molecule has 0 amide bonds. The summed E-state index contributed by atoms with van der Waals surface area (Å²) in [5, 5.41) is 8.55. The highest BCUT2D eigenvalue weighted by molar-refractivity contribution is 5.66. The molecule has 0 saturated heterocycles. The molecule has 0 spiro atoms. The summed E-state index contributed by atoms with van der Waals surface area (Å²) in [6.07, 6.45) is 28.2. The van der Waals surface area contributed by atoms with E-state index in [4.69, 9.17) is 5.11 Å². The molecule has 0 aliphatic carbocycles. The Hall–Kier alpha value is -1.05. The summed E-state index contributed by atoms with van der Waals surface area (Å²) >= 11 is 0. The number of hydrogen-bond donors (Lipinski definition) is 1. The predicted molar refractivity (Wildman–Crippen MR) is 105 cm³/mol. The van der Waals surface area contributed by atoms with E-state index in [2.05, 4.69) is 31.2 Å². The third kappa shape index (κ3) is 20.9. The number of unbranched alkanes of at least 4 members (excludes halogenated alkanes) is 12. The van der Waals surface area contributed by atoms with E-state index < -0.39 is 5.97 Å². The van der Waals surface area contributed by atoms with Gasteiger partial charge in [0, 0.05) is 6.42 Å². The Labute approximate surface area is 150 Å².